The summed E-state index contributed by atoms with van der Waals surface area (Å²) in [6, 6.07) is 11.8. The normalized spacial score (nSPS) is 16.6. The molecular weight excluding hydrogens is 428 g/mol. The molecule has 9 heteroatoms. The van der Waals surface area contributed by atoms with E-state index in [2.05, 4.69) is 5.32 Å². The van der Waals surface area contributed by atoms with E-state index in [-0.39, 0.29) is 30.1 Å². The minimum Gasteiger partial charge on any atom is -0.487 e. The van der Waals surface area contributed by atoms with Gasteiger partial charge in [-0.05, 0) is 47.5 Å². The number of nitrogens with zero attached hydrogens (tertiary/aromatic N) is 1. The number of furan rings is 1. The summed E-state index contributed by atoms with van der Waals surface area (Å²) in [7, 11) is 0. The van der Waals surface area contributed by atoms with Crippen LogP contribution in [0.15, 0.2) is 52.9 Å². The molecule has 1 aromatic heterocycles. The molecule has 3 heterocycles. The number of hydrogen-bond donors (Lipinski definition) is 1. The molecule has 0 saturated carbocycles. The van der Waals surface area contributed by atoms with Gasteiger partial charge in [0.25, 0.3) is 5.91 Å². The lowest BCUT2D eigenvalue weighted by Crippen LogP contribution is -2.53. The van der Waals surface area contributed by atoms with Gasteiger partial charge in [0.05, 0.1) is 6.54 Å². The third-order valence-corrected chi connectivity index (χ3v) is 5.58. The van der Waals surface area contributed by atoms with Gasteiger partial charge in [-0.15, -0.1) is 0 Å². The van der Waals surface area contributed by atoms with Crippen molar-refractivity contribution in [2.24, 2.45) is 0 Å². The van der Waals surface area contributed by atoms with Crippen LogP contribution in [0.3, 0.4) is 0 Å². The summed E-state index contributed by atoms with van der Waals surface area (Å²) >= 11 is 0. The molecule has 2 aliphatic rings. The highest BCUT2D eigenvalue weighted by molar-refractivity contribution is 6.00. The quantitative estimate of drug-likeness (QED) is 0.582. The number of benzene rings is 2. The van der Waals surface area contributed by atoms with Crippen LogP contribution in [0.5, 0.6) is 5.75 Å². The molecule has 0 unspecified atom stereocenters. The largest absolute Gasteiger partial charge is 0.487 e. The minimum atomic E-state index is -4.50. The first kappa shape index (κ1) is 20.6. The van der Waals surface area contributed by atoms with E-state index in [0.717, 1.165) is 17.2 Å². The lowest BCUT2D eigenvalue weighted by atomic mass is 9.98. The smallest absolute Gasteiger partial charge is 0.449 e. The molecule has 32 heavy (non-hydrogen) atoms. The average Bonchev–Trinajstić information content (AvgIpc) is 3.33. The number of hydrogen-bond acceptors (Lipinski definition) is 4. The maximum Gasteiger partial charge on any atom is 0.449 e. The van der Waals surface area contributed by atoms with Gasteiger partial charge in [0.1, 0.15) is 23.4 Å². The molecule has 2 aliphatic heterocycles. The predicted octanol–water partition coefficient (Wildman–Crippen LogP) is 4.61. The molecule has 0 aliphatic carbocycles. The van der Waals surface area contributed by atoms with Crippen LogP contribution in [0.25, 0.3) is 11.1 Å². The van der Waals surface area contributed by atoms with Crippen molar-refractivity contribution in [1.29, 1.82) is 0 Å². The van der Waals surface area contributed by atoms with E-state index in [1.807, 2.05) is 11.0 Å². The van der Waals surface area contributed by atoms with Crippen molar-refractivity contribution in [3.8, 4) is 16.9 Å². The topological polar surface area (TPSA) is 54.7 Å². The molecule has 5 nitrogen and oxygen atoms in total. The number of rotatable bonds is 5. The van der Waals surface area contributed by atoms with Crippen LogP contribution in [-0.2, 0) is 19.3 Å². The van der Waals surface area contributed by atoms with E-state index in [1.54, 1.807) is 18.2 Å². The Bertz CT molecular complexity index is 1160. The van der Waals surface area contributed by atoms with Crippen LogP contribution < -0.4 is 10.1 Å². The number of fused-ring (bicyclic) bond motifs is 1. The van der Waals surface area contributed by atoms with E-state index in [0.29, 0.717) is 36.5 Å². The van der Waals surface area contributed by atoms with Crippen LogP contribution in [0.1, 0.15) is 27.4 Å². The Labute approximate surface area is 180 Å². The first-order valence-corrected chi connectivity index (χ1v) is 10.0. The van der Waals surface area contributed by atoms with Gasteiger partial charge in [-0.1, -0.05) is 12.1 Å². The molecule has 3 aromatic rings. The van der Waals surface area contributed by atoms with Gasteiger partial charge < -0.3 is 14.5 Å². The van der Waals surface area contributed by atoms with Gasteiger partial charge in [-0.2, -0.15) is 13.2 Å². The highest BCUT2D eigenvalue weighted by Gasteiger charge is 2.36. The number of halogens is 4. The summed E-state index contributed by atoms with van der Waals surface area (Å²) in [4.78, 5) is 14.0. The van der Waals surface area contributed by atoms with E-state index >= 15 is 0 Å². The third-order valence-electron chi connectivity index (χ3n) is 5.58. The maximum atomic E-state index is 13.4. The van der Waals surface area contributed by atoms with Gasteiger partial charge in [0.2, 0.25) is 5.76 Å². The van der Waals surface area contributed by atoms with Gasteiger partial charge in [-0.3, -0.25) is 9.69 Å². The fourth-order valence-corrected chi connectivity index (χ4v) is 3.94. The summed E-state index contributed by atoms with van der Waals surface area (Å²) in [5.41, 5.74) is 2.78. The number of ether oxygens (including phenoxy) is 1. The predicted molar refractivity (Wildman–Crippen MR) is 106 cm³/mol. The molecule has 1 N–H and O–H groups in total. The first-order valence-electron chi connectivity index (χ1n) is 10.0. The highest BCUT2D eigenvalue weighted by atomic mass is 19.4. The fourth-order valence-electron chi connectivity index (χ4n) is 3.94. The average molecular weight is 446 g/mol. The monoisotopic (exact) mass is 446 g/mol. The second-order valence-electron chi connectivity index (χ2n) is 7.89. The molecule has 1 saturated heterocycles. The Balaban J connectivity index is 1.30. The molecule has 0 radical (unpaired) electrons. The lowest BCUT2D eigenvalue weighted by molar-refractivity contribution is -0.153. The van der Waals surface area contributed by atoms with Crippen molar-refractivity contribution in [2.75, 3.05) is 13.1 Å². The summed E-state index contributed by atoms with van der Waals surface area (Å²) < 4.78 is 62.5. The summed E-state index contributed by atoms with van der Waals surface area (Å²) in [6.07, 6.45) is -4.67. The minimum absolute atomic E-state index is 0.165. The maximum absolute atomic E-state index is 13.4. The van der Waals surface area contributed by atoms with Crippen molar-refractivity contribution in [3.63, 3.8) is 0 Å². The molecule has 1 amide bonds. The van der Waals surface area contributed by atoms with Crippen molar-refractivity contribution in [2.45, 2.75) is 25.4 Å². The molecule has 1 fully saturated rings. The van der Waals surface area contributed by atoms with Crippen LogP contribution in [0.4, 0.5) is 17.6 Å². The Morgan fingerprint density at radius 1 is 1.06 bits per heavy atom. The number of alkyl halides is 3. The summed E-state index contributed by atoms with van der Waals surface area (Å²) in [5.74, 6) is -0.720. The van der Waals surface area contributed by atoms with Gasteiger partial charge in [0, 0.05) is 30.8 Å². The number of nitrogens with one attached hydrogen (secondary N) is 1. The van der Waals surface area contributed by atoms with Gasteiger partial charge >= 0.3 is 6.18 Å². The molecule has 0 spiro atoms. The van der Waals surface area contributed by atoms with E-state index in [1.165, 1.54) is 18.2 Å². The van der Waals surface area contributed by atoms with Crippen LogP contribution >= 0.6 is 0 Å². The number of carbonyl (C=O) groups is 1. The zero-order valence-electron chi connectivity index (χ0n) is 16.7. The van der Waals surface area contributed by atoms with Gasteiger partial charge in [-0.25, -0.2) is 4.39 Å². The SMILES string of the molecule is O=C1NCc2cc(OC3CN(Cc4ccc(C(F)(F)F)o4)C3)c(-c3ccc(F)cc3)cc21. The lowest BCUT2D eigenvalue weighted by Gasteiger charge is -2.38. The Hall–Kier alpha value is -3.33. The molecule has 0 bridgehead atoms. The van der Waals surface area contributed by atoms with Crippen LogP contribution in [0.2, 0.25) is 0 Å². The number of likely N-dealkylation sites (tertiary alicyclic amines) is 1. The first-order chi connectivity index (χ1) is 15.3. The van der Waals surface area contributed by atoms with Crippen LogP contribution in [0, 0.1) is 5.82 Å². The molecule has 5 rings (SSSR count). The molecule has 2 aromatic carbocycles. The van der Waals surface area contributed by atoms with Crippen molar-refractivity contribution in [1.82, 2.24) is 10.2 Å². The summed E-state index contributed by atoms with van der Waals surface area (Å²) in [5, 5.41) is 2.77. The zero-order valence-corrected chi connectivity index (χ0v) is 16.7. The van der Waals surface area contributed by atoms with Crippen molar-refractivity contribution in [3.05, 3.63) is 77.0 Å². The third kappa shape index (κ3) is 3.95. The van der Waals surface area contributed by atoms with E-state index in [4.69, 9.17) is 9.15 Å². The standard InChI is InChI=1S/C23H18F4N2O3/c24-15-3-1-13(2-4-15)18-8-19-14(9-28-22(19)30)7-20(18)31-17-11-29(12-17)10-16-5-6-21(32-16)23(25,26)27/h1-8,17H,9-12H2,(H,28,30). The zero-order chi connectivity index (χ0) is 22.5. The van der Waals surface area contributed by atoms with Gasteiger partial charge in [0.15, 0.2) is 0 Å². The van der Waals surface area contributed by atoms with Crippen LogP contribution in [-0.4, -0.2) is 30.0 Å². The number of carbonyl (C=O) groups excluding carboxylic acids is 1. The second-order valence-corrected chi connectivity index (χ2v) is 7.89. The van der Waals surface area contributed by atoms with E-state index in [9.17, 15) is 22.4 Å². The number of amides is 1. The fraction of sp³-hybridized carbons (Fsp3) is 0.261. The molecular formula is C23H18F4N2O3. The molecule has 0 atom stereocenters. The highest BCUT2D eigenvalue weighted by Crippen LogP contribution is 2.36. The molecule has 166 valence electrons. The summed E-state index contributed by atoms with van der Waals surface area (Å²) in [6.45, 7) is 1.69. The van der Waals surface area contributed by atoms with Crippen molar-refractivity contribution >= 4 is 5.91 Å². The second kappa shape index (κ2) is 7.67. The van der Waals surface area contributed by atoms with Crippen molar-refractivity contribution < 1.29 is 31.5 Å². The van der Waals surface area contributed by atoms with E-state index < -0.39 is 11.9 Å². The Kier molecular flexibility index (Phi) is 4.93. The Morgan fingerprint density at radius 2 is 1.81 bits per heavy atom. The Morgan fingerprint density at radius 3 is 2.50 bits per heavy atom.